The molecule has 0 aliphatic heterocycles. The lowest BCUT2D eigenvalue weighted by atomic mass is 9.79. The van der Waals surface area contributed by atoms with Crippen molar-refractivity contribution >= 4 is 42.5 Å². The monoisotopic (exact) mass is 733 g/mol. The topological polar surface area (TPSA) is 50.9 Å². The first-order valence-electron chi connectivity index (χ1n) is 18.9. The summed E-state index contributed by atoms with van der Waals surface area (Å²) in [6.45, 7) is 13.2. The number of aromatic nitrogens is 3. The normalized spacial score (nSPS) is 12.3. The number of aromatic hydroxyl groups is 1. The molecule has 9 aromatic rings. The third kappa shape index (κ3) is 6.00. The van der Waals surface area contributed by atoms with Gasteiger partial charge >= 0.3 is 0 Å². The Morgan fingerprint density at radius 1 is 0.582 bits per heavy atom. The van der Waals surface area contributed by atoms with Gasteiger partial charge in [0, 0.05) is 54.2 Å². The van der Waals surface area contributed by atoms with Crippen molar-refractivity contribution in [1.29, 1.82) is 0 Å². The molecule has 4 nitrogen and oxygen atoms in total. The van der Waals surface area contributed by atoms with Gasteiger partial charge in [-0.25, -0.2) is 4.98 Å². The van der Waals surface area contributed by atoms with Crippen LogP contribution in [0.25, 0.3) is 81.8 Å². The average molecular weight is 734 g/mol. The number of hydrogen-bond acceptors (Lipinski definition) is 4. The Balaban J connectivity index is 1.42. The SMILES string of the molecule is CC(C)(C)c1cc(-c2nc3c(-c4cc(-c5ccccn5)cc5c4sc4ccccc45)cccc3n2-c2ccccc2-c2ccccc2)c(O)c(C(C)(C)C)c1. The second-order valence-corrected chi connectivity index (χ2v) is 17.5. The number of thiophene rings is 1. The standard InChI is InChI=1S/C50H43N3OS/c1-49(2,3)33-29-39(46(54)40(30-33)50(4,5)6)48-52-45-36(21-16-24-43(45)53(48)42-23-12-10-19-34(42)31-17-8-7-9-18-31)38-28-32(41-22-14-15-26-51-41)27-37-35-20-11-13-25-44(35)55-47(37)38/h7-30,54H,1-6H3. The van der Waals surface area contributed by atoms with E-state index in [4.69, 9.17) is 9.97 Å². The molecule has 0 fully saturated rings. The van der Waals surface area contributed by atoms with E-state index in [1.54, 1.807) is 0 Å². The first kappa shape index (κ1) is 34.7. The molecular weight excluding hydrogens is 691 g/mol. The molecule has 0 atom stereocenters. The van der Waals surface area contributed by atoms with Gasteiger partial charge in [-0.15, -0.1) is 11.3 Å². The van der Waals surface area contributed by atoms with Gasteiger partial charge in [0.2, 0.25) is 0 Å². The Labute approximate surface area is 326 Å². The molecule has 9 rings (SSSR count). The first-order valence-corrected chi connectivity index (χ1v) is 19.7. The number of phenols is 1. The van der Waals surface area contributed by atoms with Crippen molar-refractivity contribution in [2.24, 2.45) is 0 Å². The van der Waals surface area contributed by atoms with Crippen molar-refractivity contribution < 1.29 is 5.11 Å². The van der Waals surface area contributed by atoms with Crippen LogP contribution >= 0.6 is 11.3 Å². The maximum Gasteiger partial charge on any atom is 0.149 e. The number of nitrogens with zero attached hydrogens (tertiary/aromatic N) is 3. The molecular formula is C50H43N3OS. The smallest absolute Gasteiger partial charge is 0.149 e. The summed E-state index contributed by atoms with van der Waals surface area (Å²) < 4.78 is 4.72. The summed E-state index contributed by atoms with van der Waals surface area (Å²) in [5, 5.41) is 14.8. The first-order chi connectivity index (χ1) is 26.5. The number of benzene rings is 6. The number of phenolic OH excluding ortho intramolecular Hbond substituents is 1. The van der Waals surface area contributed by atoms with Gasteiger partial charge in [-0.05, 0) is 70.5 Å². The predicted octanol–water partition coefficient (Wildman–Crippen LogP) is 13.8. The average Bonchev–Trinajstić information content (AvgIpc) is 3.76. The zero-order valence-corrected chi connectivity index (χ0v) is 32.9. The number of para-hydroxylation sites is 2. The zero-order valence-electron chi connectivity index (χ0n) is 32.1. The molecule has 3 aromatic heterocycles. The minimum Gasteiger partial charge on any atom is -0.507 e. The third-order valence-electron chi connectivity index (χ3n) is 10.7. The lowest BCUT2D eigenvalue weighted by molar-refractivity contribution is 0.446. The number of hydrogen-bond donors (Lipinski definition) is 1. The zero-order chi connectivity index (χ0) is 38.1. The van der Waals surface area contributed by atoms with E-state index in [-0.39, 0.29) is 16.6 Å². The fourth-order valence-electron chi connectivity index (χ4n) is 7.79. The van der Waals surface area contributed by atoms with Gasteiger partial charge in [-0.2, -0.15) is 0 Å². The maximum atomic E-state index is 12.4. The Hall–Kier alpha value is -6.04. The van der Waals surface area contributed by atoms with Gasteiger partial charge in [0.25, 0.3) is 0 Å². The summed E-state index contributed by atoms with van der Waals surface area (Å²) in [7, 11) is 0. The highest BCUT2D eigenvalue weighted by atomic mass is 32.1. The lowest BCUT2D eigenvalue weighted by Gasteiger charge is -2.27. The van der Waals surface area contributed by atoms with Crippen LogP contribution in [0.3, 0.4) is 0 Å². The molecule has 1 N–H and O–H groups in total. The molecule has 270 valence electrons. The van der Waals surface area contributed by atoms with Crippen molar-refractivity contribution in [2.45, 2.75) is 52.4 Å². The van der Waals surface area contributed by atoms with Gasteiger partial charge in [-0.3, -0.25) is 9.55 Å². The van der Waals surface area contributed by atoms with Crippen molar-refractivity contribution in [2.75, 3.05) is 0 Å². The summed E-state index contributed by atoms with van der Waals surface area (Å²) >= 11 is 1.82. The lowest BCUT2D eigenvalue weighted by Crippen LogP contribution is -2.17. The number of rotatable bonds is 5. The fourth-order valence-corrected chi connectivity index (χ4v) is 9.00. The molecule has 0 bridgehead atoms. The summed E-state index contributed by atoms with van der Waals surface area (Å²) in [6, 6.07) is 49.1. The van der Waals surface area contributed by atoms with Crippen LogP contribution in [0, 0.1) is 0 Å². The molecule has 0 unspecified atom stereocenters. The quantitative estimate of drug-likeness (QED) is 0.192. The minimum absolute atomic E-state index is 0.162. The van der Waals surface area contributed by atoms with Crippen molar-refractivity contribution in [3.8, 4) is 56.3 Å². The highest BCUT2D eigenvalue weighted by molar-refractivity contribution is 7.26. The number of pyridine rings is 1. The Kier molecular flexibility index (Phi) is 8.25. The van der Waals surface area contributed by atoms with E-state index in [2.05, 4.69) is 167 Å². The third-order valence-corrected chi connectivity index (χ3v) is 11.9. The van der Waals surface area contributed by atoms with Crippen molar-refractivity contribution in [3.05, 3.63) is 157 Å². The van der Waals surface area contributed by atoms with E-state index in [1.165, 1.54) is 20.2 Å². The van der Waals surface area contributed by atoms with E-state index in [0.29, 0.717) is 5.82 Å². The van der Waals surface area contributed by atoms with Gasteiger partial charge in [0.1, 0.15) is 11.6 Å². The second kappa shape index (κ2) is 13.1. The Morgan fingerprint density at radius 2 is 1.31 bits per heavy atom. The van der Waals surface area contributed by atoms with Crippen LogP contribution in [0.15, 0.2) is 146 Å². The van der Waals surface area contributed by atoms with Crippen LogP contribution in [-0.4, -0.2) is 19.6 Å². The summed E-state index contributed by atoms with van der Waals surface area (Å²) in [5.41, 5.74) is 11.5. The number of fused-ring (bicyclic) bond motifs is 4. The van der Waals surface area contributed by atoms with Crippen LogP contribution in [0.2, 0.25) is 0 Å². The van der Waals surface area contributed by atoms with Gasteiger partial charge in [0.05, 0.1) is 28.0 Å². The van der Waals surface area contributed by atoms with Gasteiger partial charge in [-0.1, -0.05) is 133 Å². The molecule has 0 saturated heterocycles. The molecule has 0 saturated carbocycles. The highest BCUT2D eigenvalue weighted by Gasteiger charge is 2.29. The molecule has 0 spiro atoms. The second-order valence-electron chi connectivity index (χ2n) is 16.5. The summed E-state index contributed by atoms with van der Waals surface area (Å²) in [6.07, 6.45) is 1.85. The summed E-state index contributed by atoms with van der Waals surface area (Å²) in [4.78, 5) is 10.4. The van der Waals surface area contributed by atoms with E-state index < -0.39 is 0 Å². The van der Waals surface area contributed by atoms with E-state index >= 15 is 0 Å². The van der Waals surface area contributed by atoms with Crippen LogP contribution in [0.5, 0.6) is 5.75 Å². The molecule has 3 heterocycles. The fraction of sp³-hybridized carbons (Fsp3) is 0.160. The minimum atomic E-state index is -0.303. The molecule has 0 aliphatic carbocycles. The predicted molar refractivity (Wildman–Crippen MR) is 233 cm³/mol. The molecule has 5 heteroatoms. The van der Waals surface area contributed by atoms with Crippen LogP contribution < -0.4 is 0 Å². The van der Waals surface area contributed by atoms with Crippen molar-refractivity contribution in [1.82, 2.24) is 14.5 Å². The molecule has 0 aliphatic rings. The van der Waals surface area contributed by atoms with Crippen LogP contribution in [-0.2, 0) is 10.8 Å². The van der Waals surface area contributed by atoms with Gasteiger partial charge < -0.3 is 5.11 Å². The van der Waals surface area contributed by atoms with Gasteiger partial charge in [0.15, 0.2) is 0 Å². The highest BCUT2D eigenvalue weighted by Crippen LogP contribution is 2.47. The molecule has 55 heavy (non-hydrogen) atoms. The van der Waals surface area contributed by atoms with Crippen LogP contribution in [0.1, 0.15) is 52.7 Å². The van der Waals surface area contributed by atoms with E-state index in [1.807, 2.05) is 35.7 Å². The summed E-state index contributed by atoms with van der Waals surface area (Å²) in [5.74, 6) is 0.966. The van der Waals surface area contributed by atoms with Crippen LogP contribution in [0.4, 0.5) is 0 Å². The largest absolute Gasteiger partial charge is 0.507 e. The molecule has 0 amide bonds. The molecule has 0 radical (unpaired) electrons. The molecule has 6 aromatic carbocycles. The Bertz CT molecular complexity index is 2890. The maximum absolute atomic E-state index is 12.4. The van der Waals surface area contributed by atoms with Crippen molar-refractivity contribution in [3.63, 3.8) is 0 Å². The van der Waals surface area contributed by atoms with E-state index in [9.17, 15) is 5.11 Å². The number of imidazole rings is 1. The Morgan fingerprint density at radius 3 is 2.07 bits per heavy atom. The van der Waals surface area contributed by atoms with E-state index in [0.717, 1.165) is 66.9 Å².